The van der Waals surface area contributed by atoms with Gasteiger partial charge in [0.25, 0.3) is 5.91 Å². The highest BCUT2D eigenvalue weighted by molar-refractivity contribution is 5.97. The Balaban J connectivity index is 1.58. The van der Waals surface area contributed by atoms with Crippen molar-refractivity contribution in [2.45, 2.75) is 52.5 Å². The zero-order valence-corrected chi connectivity index (χ0v) is 17.4. The van der Waals surface area contributed by atoms with Crippen molar-refractivity contribution >= 4 is 5.91 Å². The number of nitrogens with zero attached hydrogens (tertiary/aromatic N) is 2. The highest BCUT2D eigenvalue weighted by atomic mass is 16.5. The van der Waals surface area contributed by atoms with E-state index in [2.05, 4.69) is 37.1 Å². The van der Waals surface area contributed by atoms with E-state index in [4.69, 9.17) is 4.74 Å². The molecule has 5 nitrogen and oxygen atoms in total. The van der Waals surface area contributed by atoms with Crippen LogP contribution in [0.25, 0.3) is 0 Å². The molecule has 2 unspecified atom stereocenters. The van der Waals surface area contributed by atoms with E-state index >= 15 is 0 Å². The molecule has 1 heterocycles. The maximum absolute atomic E-state index is 12.5. The van der Waals surface area contributed by atoms with Crippen molar-refractivity contribution < 1.29 is 9.53 Å². The second-order valence-corrected chi connectivity index (χ2v) is 9.39. The van der Waals surface area contributed by atoms with Gasteiger partial charge in [-0.05, 0) is 54.2 Å². The van der Waals surface area contributed by atoms with E-state index in [9.17, 15) is 10.1 Å². The van der Waals surface area contributed by atoms with Crippen LogP contribution < -0.4 is 10.1 Å². The van der Waals surface area contributed by atoms with Gasteiger partial charge in [0.1, 0.15) is 17.4 Å². The molecule has 1 N–H and O–H groups in total. The number of benzene rings is 1. The lowest BCUT2D eigenvalue weighted by atomic mass is 9.65. The van der Waals surface area contributed by atoms with Crippen molar-refractivity contribution in [3.8, 4) is 11.8 Å². The molecule has 1 aromatic carbocycles. The number of fused-ring (bicyclic) bond motifs is 2. The van der Waals surface area contributed by atoms with Gasteiger partial charge < -0.3 is 15.0 Å². The van der Waals surface area contributed by atoms with Crippen LogP contribution in [0.15, 0.2) is 36.0 Å². The summed E-state index contributed by atoms with van der Waals surface area (Å²) in [4.78, 5) is 14.7. The molecule has 2 bridgehead atoms. The first-order chi connectivity index (χ1) is 13.2. The van der Waals surface area contributed by atoms with E-state index in [-0.39, 0.29) is 16.9 Å². The second kappa shape index (κ2) is 7.87. The molecule has 1 saturated heterocycles. The Bertz CT molecular complexity index is 791. The summed E-state index contributed by atoms with van der Waals surface area (Å²) in [5.41, 5.74) is 1.90. The van der Waals surface area contributed by atoms with Crippen LogP contribution in [0.2, 0.25) is 0 Å². The molecule has 28 heavy (non-hydrogen) atoms. The summed E-state index contributed by atoms with van der Waals surface area (Å²) >= 11 is 0. The van der Waals surface area contributed by atoms with Gasteiger partial charge in [0, 0.05) is 25.3 Å². The van der Waals surface area contributed by atoms with E-state index in [0.29, 0.717) is 24.4 Å². The third-order valence-corrected chi connectivity index (χ3v) is 5.97. The summed E-state index contributed by atoms with van der Waals surface area (Å²) in [6, 6.07) is 10.3. The SMILES string of the molecule is COc1ccc(CCNC(=O)/C(C#N)=C\N2CC3(C)CC2CC(C)(C)C3)cc1. The first-order valence-corrected chi connectivity index (χ1v) is 10.0. The molecule has 1 amide bonds. The Hall–Kier alpha value is -2.48. The number of amides is 1. The van der Waals surface area contributed by atoms with Crippen LogP contribution in [-0.2, 0) is 11.2 Å². The number of likely N-dealkylation sites (tertiary alicyclic amines) is 1. The van der Waals surface area contributed by atoms with Crippen LogP contribution in [0.5, 0.6) is 5.75 Å². The molecule has 1 aliphatic carbocycles. The Labute approximate surface area is 168 Å². The van der Waals surface area contributed by atoms with Gasteiger partial charge in [0.2, 0.25) is 0 Å². The number of nitrogens with one attached hydrogen (secondary N) is 1. The van der Waals surface area contributed by atoms with Crippen molar-refractivity contribution in [1.82, 2.24) is 10.2 Å². The number of ether oxygens (including phenoxy) is 1. The molecule has 2 fully saturated rings. The molecular weight excluding hydrogens is 350 g/mol. The van der Waals surface area contributed by atoms with Crippen molar-refractivity contribution in [2.75, 3.05) is 20.2 Å². The van der Waals surface area contributed by atoms with Crippen LogP contribution in [0.3, 0.4) is 0 Å². The van der Waals surface area contributed by atoms with E-state index in [1.165, 1.54) is 6.42 Å². The molecule has 5 heteroatoms. The van der Waals surface area contributed by atoms with Gasteiger partial charge in [-0.1, -0.05) is 32.9 Å². The van der Waals surface area contributed by atoms with Crippen LogP contribution in [0, 0.1) is 22.2 Å². The fourth-order valence-corrected chi connectivity index (χ4v) is 5.17. The van der Waals surface area contributed by atoms with Gasteiger partial charge in [0.05, 0.1) is 7.11 Å². The fraction of sp³-hybridized carbons (Fsp3) is 0.565. The Morgan fingerprint density at radius 1 is 1.32 bits per heavy atom. The molecular formula is C23H31N3O2. The maximum Gasteiger partial charge on any atom is 0.263 e. The standard InChI is InChI=1S/C23H31N3O2/c1-22(2)11-19-12-23(3,15-22)16-26(19)14-18(13-24)21(27)25-10-9-17-5-7-20(28-4)8-6-17/h5-8,14,19H,9-12,15-16H2,1-4H3,(H,25,27)/b18-14-. The van der Waals surface area contributed by atoms with Gasteiger partial charge in [-0.25, -0.2) is 0 Å². The molecule has 2 aliphatic rings. The molecule has 0 aromatic heterocycles. The average molecular weight is 382 g/mol. The van der Waals surface area contributed by atoms with Crippen molar-refractivity contribution in [3.05, 3.63) is 41.6 Å². The molecule has 3 rings (SSSR count). The van der Waals surface area contributed by atoms with Crippen molar-refractivity contribution in [1.29, 1.82) is 5.26 Å². The highest BCUT2D eigenvalue weighted by Crippen LogP contribution is 2.52. The predicted octanol–water partition coefficient (Wildman–Crippen LogP) is 3.66. The molecule has 2 atom stereocenters. The Kier molecular flexibility index (Phi) is 5.69. The van der Waals surface area contributed by atoms with Crippen molar-refractivity contribution in [2.24, 2.45) is 10.8 Å². The highest BCUT2D eigenvalue weighted by Gasteiger charge is 2.48. The topological polar surface area (TPSA) is 65.4 Å². The van der Waals surface area contributed by atoms with E-state index in [0.717, 1.165) is 30.7 Å². The predicted molar refractivity (Wildman–Crippen MR) is 110 cm³/mol. The van der Waals surface area contributed by atoms with Gasteiger partial charge in [-0.15, -0.1) is 0 Å². The van der Waals surface area contributed by atoms with E-state index in [1.54, 1.807) is 13.3 Å². The smallest absolute Gasteiger partial charge is 0.263 e. The summed E-state index contributed by atoms with van der Waals surface area (Å²) in [7, 11) is 1.64. The number of hydrogen-bond acceptors (Lipinski definition) is 4. The van der Waals surface area contributed by atoms with Crippen LogP contribution >= 0.6 is 0 Å². The zero-order chi connectivity index (χ0) is 20.4. The zero-order valence-electron chi connectivity index (χ0n) is 17.4. The van der Waals surface area contributed by atoms with Gasteiger partial charge in [0.15, 0.2) is 0 Å². The van der Waals surface area contributed by atoms with Gasteiger partial charge >= 0.3 is 0 Å². The number of hydrogen-bond donors (Lipinski definition) is 1. The van der Waals surface area contributed by atoms with Gasteiger partial charge in [-0.2, -0.15) is 5.26 Å². The molecule has 1 aromatic rings. The van der Waals surface area contributed by atoms with Crippen LogP contribution in [0.4, 0.5) is 0 Å². The molecule has 1 aliphatic heterocycles. The monoisotopic (exact) mass is 381 g/mol. The molecule has 0 radical (unpaired) electrons. The van der Waals surface area contributed by atoms with Crippen LogP contribution in [0.1, 0.15) is 45.6 Å². The minimum atomic E-state index is -0.290. The molecule has 150 valence electrons. The minimum absolute atomic E-state index is 0.198. The third-order valence-electron chi connectivity index (χ3n) is 5.97. The second-order valence-electron chi connectivity index (χ2n) is 9.39. The van der Waals surface area contributed by atoms with Gasteiger partial charge in [-0.3, -0.25) is 4.79 Å². The Morgan fingerprint density at radius 3 is 2.68 bits per heavy atom. The summed E-state index contributed by atoms with van der Waals surface area (Å²) in [5, 5.41) is 12.4. The lowest BCUT2D eigenvalue weighted by Gasteiger charge is -2.39. The lowest BCUT2D eigenvalue weighted by Crippen LogP contribution is -2.34. The van der Waals surface area contributed by atoms with Crippen LogP contribution in [-0.4, -0.2) is 37.0 Å². The summed E-state index contributed by atoms with van der Waals surface area (Å²) in [5.74, 6) is 0.525. The molecule has 1 saturated carbocycles. The van der Waals surface area contributed by atoms with E-state index in [1.807, 2.05) is 24.3 Å². The normalized spacial score (nSPS) is 25.9. The number of carbonyl (C=O) groups excluding carboxylic acids is 1. The first-order valence-electron chi connectivity index (χ1n) is 10.0. The van der Waals surface area contributed by atoms with Crippen molar-refractivity contribution in [3.63, 3.8) is 0 Å². The number of carbonyl (C=O) groups is 1. The van der Waals surface area contributed by atoms with E-state index < -0.39 is 0 Å². The quantitative estimate of drug-likeness (QED) is 0.603. The average Bonchev–Trinajstić information content (AvgIpc) is 2.87. The third kappa shape index (κ3) is 4.67. The largest absolute Gasteiger partial charge is 0.497 e. The number of rotatable bonds is 6. The fourth-order valence-electron chi connectivity index (χ4n) is 5.17. The summed E-state index contributed by atoms with van der Waals surface area (Å²) in [6.45, 7) is 8.39. The number of methoxy groups -OCH3 is 1. The first kappa shape index (κ1) is 20.3. The minimum Gasteiger partial charge on any atom is -0.497 e. The Morgan fingerprint density at radius 2 is 2.04 bits per heavy atom. The summed E-state index contributed by atoms with van der Waals surface area (Å²) < 4.78 is 5.15. The number of nitriles is 1. The lowest BCUT2D eigenvalue weighted by molar-refractivity contribution is -0.117. The maximum atomic E-state index is 12.5. The summed E-state index contributed by atoms with van der Waals surface area (Å²) in [6.07, 6.45) is 5.95. The molecule has 0 spiro atoms.